The van der Waals surface area contributed by atoms with Crippen LogP contribution >= 0.6 is 0 Å². The summed E-state index contributed by atoms with van der Waals surface area (Å²) >= 11 is 0. The van der Waals surface area contributed by atoms with Crippen LogP contribution in [-0.4, -0.2) is 0 Å². The van der Waals surface area contributed by atoms with Gasteiger partial charge in [0.2, 0.25) is 0 Å². The molecule has 0 aliphatic heterocycles. The molecule has 84 valence electrons. The summed E-state index contributed by atoms with van der Waals surface area (Å²) < 4.78 is 0. The molecular formula is C16H20. The molecule has 0 spiro atoms. The van der Waals surface area contributed by atoms with E-state index < -0.39 is 0 Å². The highest BCUT2D eigenvalue weighted by atomic mass is 13.9. The van der Waals surface area contributed by atoms with Crippen molar-refractivity contribution in [3.8, 4) is 11.8 Å². The van der Waals surface area contributed by atoms with E-state index in [-0.39, 0.29) is 0 Å². The van der Waals surface area contributed by atoms with Gasteiger partial charge in [-0.1, -0.05) is 68.4 Å². The van der Waals surface area contributed by atoms with Crippen molar-refractivity contribution in [1.29, 1.82) is 0 Å². The first kappa shape index (κ1) is 12.6. The van der Waals surface area contributed by atoms with E-state index >= 15 is 0 Å². The number of allylic oxidation sites excluding steroid dienone is 1. The molecule has 0 N–H and O–H groups in total. The zero-order valence-electron chi connectivity index (χ0n) is 10.1. The Bertz CT molecular complexity index is 349. The minimum atomic E-state index is 1.03. The third-order valence-electron chi connectivity index (χ3n) is 2.42. The van der Waals surface area contributed by atoms with Crippen LogP contribution in [0, 0.1) is 11.8 Å². The molecule has 0 heterocycles. The molecule has 0 atom stereocenters. The SMILES string of the molecule is CCCCCCC#C/C=C\c1ccccc1. The van der Waals surface area contributed by atoms with Gasteiger partial charge in [0.25, 0.3) is 0 Å². The van der Waals surface area contributed by atoms with Crippen molar-refractivity contribution in [2.75, 3.05) is 0 Å². The highest BCUT2D eigenvalue weighted by Gasteiger charge is 1.83. The summed E-state index contributed by atoms with van der Waals surface area (Å²) in [6, 6.07) is 10.3. The topological polar surface area (TPSA) is 0 Å². The van der Waals surface area contributed by atoms with E-state index in [1.807, 2.05) is 24.3 Å². The molecule has 0 bridgehead atoms. The molecule has 0 aliphatic rings. The first-order valence-electron chi connectivity index (χ1n) is 6.13. The van der Waals surface area contributed by atoms with Crippen LogP contribution in [0.3, 0.4) is 0 Å². The van der Waals surface area contributed by atoms with Gasteiger partial charge in [-0.25, -0.2) is 0 Å². The third-order valence-corrected chi connectivity index (χ3v) is 2.42. The van der Waals surface area contributed by atoms with Gasteiger partial charge in [-0.15, -0.1) is 0 Å². The fraction of sp³-hybridized carbons (Fsp3) is 0.375. The van der Waals surface area contributed by atoms with Crippen LogP contribution in [0.4, 0.5) is 0 Å². The second-order valence-corrected chi connectivity index (χ2v) is 3.88. The Kier molecular flexibility index (Phi) is 6.92. The van der Waals surface area contributed by atoms with Gasteiger partial charge >= 0.3 is 0 Å². The Morgan fingerprint density at radius 1 is 1.06 bits per heavy atom. The molecule has 0 aromatic heterocycles. The highest BCUT2D eigenvalue weighted by molar-refractivity contribution is 5.52. The summed E-state index contributed by atoms with van der Waals surface area (Å²) in [5.74, 6) is 6.26. The van der Waals surface area contributed by atoms with E-state index in [9.17, 15) is 0 Å². The minimum Gasteiger partial charge on any atom is -0.0985 e. The van der Waals surface area contributed by atoms with Crippen molar-refractivity contribution in [2.45, 2.75) is 39.0 Å². The van der Waals surface area contributed by atoms with Crippen LogP contribution in [0.2, 0.25) is 0 Å². The summed E-state index contributed by atoms with van der Waals surface area (Å²) in [6.45, 7) is 2.23. The number of unbranched alkanes of at least 4 members (excludes halogenated alkanes) is 4. The van der Waals surface area contributed by atoms with Gasteiger partial charge < -0.3 is 0 Å². The van der Waals surface area contributed by atoms with Gasteiger partial charge in [-0.3, -0.25) is 0 Å². The average Bonchev–Trinajstić information content (AvgIpc) is 2.34. The predicted octanol–water partition coefficient (Wildman–Crippen LogP) is 4.67. The Morgan fingerprint density at radius 2 is 1.88 bits per heavy atom. The molecule has 0 fully saturated rings. The van der Waals surface area contributed by atoms with Crippen LogP contribution in [0.5, 0.6) is 0 Å². The second kappa shape index (κ2) is 8.80. The Labute approximate surface area is 99.4 Å². The minimum absolute atomic E-state index is 1.03. The van der Waals surface area contributed by atoms with Crippen molar-refractivity contribution < 1.29 is 0 Å². The number of benzene rings is 1. The number of hydrogen-bond acceptors (Lipinski definition) is 0. The molecule has 16 heavy (non-hydrogen) atoms. The van der Waals surface area contributed by atoms with Crippen molar-refractivity contribution in [2.24, 2.45) is 0 Å². The zero-order chi connectivity index (χ0) is 11.5. The fourth-order valence-corrected chi connectivity index (χ4v) is 1.47. The van der Waals surface area contributed by atoms with Crippen LogP contribution < -0.4 is 0 Å². The van der Waals surface area contributed by atoms with Crippen LogP contribution in [0.1, 0.15) is 44.6 Å². The molecule has 0 saturated carbocycles. The number of hydrogen-bond donors (Lipinski definition) is 0. The first-order valence-corrected chi connectivity index (χ1v) is 6.13. The van der Waals surface area contributed by atoms with Gasteiger partial charge in [0.15, 0.2) is 0 Å². The van der Waals surface area contributed by atoms with E-state index in [1.165, 1.54) is 31.2 Å². The molecule has 1 aromatic rings. The molecule has 0 nitrogen and oxygen atoms in total. The summed E-state index contributed by atoms with van der Waals surface area (Å²) in [7, 11) is 0. The standard InChI is InChI=1S/C16H20/c1-2-3-4-5-6-7-8-10-13-16-14-11-9-12-15-16/h9-15H,2-6H2,1H3/b13-10-. The normalized spacial score (nSPS) is 10.1. The maximum absolute atomic E-state index is 3.18. The summed E-state index contributed by atoms with van der Waals surface area (Å²) in [6.07, 6.45) is 10.2. The molecular weight excluding hydrogens is 192 g/mol. The maximum atomic E-state index is 3.18. The Balaban J connectivity index is 2.19. The summed E-state index contributed by atoms with van der Waals surface area (Å²) in [5.41, 5.74) is 1.21. The highest BCUT2D eigenvalue weighted by Crippen LogP contribution is 2.02. The fourth-order valence-electron chi connectivity index (χ4n) is 1.47. The smallest absolute Gasteiger partial charge is 0.00922 e. The molecule has 0 amide bonds. The third kappa shape index (κ3) is 6.09. The van der Waals surface area contributed by atoms with Gasteiger partial charge in [0.1, 0.15) is 0 Å². The quantitative estimate of drug-likeness (QED) is 0.491. The second-order valence-electron chi connectivity index (χ2n) is 3.88. The van der Waals surface area contributed by atoms with Gasteiger partial charge in [-0.05, 0) is 24.1 Å². The largest absolute Gasteiger partial charge is 0.0985 e. The van der Waals surface area contributed by atoms with Gasteiger partial charge in [0.05, 0.1) is 0 Å². The maximum Gasteiger partial charge on any atom is 0.00922 e. The molecule has 0 saturated heterocycles. The molecule has 0 heteroatoms. The lowest BCUT2D eigenvalue weighted by Crippen LogP contribution is -1.73. The lowest BCUT2D eigenvalue weighted by atomic mass is 10.1. The van der Waals surface area contributed by atoms with Gasteiger partial charge in [-0.2, -0.15) is 0 Å². The molecule has 0 radical (unpaired) electrons. The van der Waals surface area contributed by atoms with E-state index in [0.29, 0.717) is 0 Å². The van der Waals surface area contributed by atoms with Crippen molar-refractivity contribution >= 4 is 6.08 Å². The Hall–Kier alpha value is -1.48. The van der Waals surface area contributed by atoms with Crippen molar-refractivity contribution in [3.63, 3.8) is 0 Å². The lowest BCUT2D eigenvalue weighted by molar-refractivity contribution is 0.680. The van der Waals surface area contributed by atoms with E-state index in [0.717, 1.165) is 6.42 Å². The predicted molar refractivity (Wildman–Crippen MR) is 72.0 cm³/mol. The average molecular weight is 212 g/mol. The van der Waals surface area contributed by atoms with E-state index in [2.05, 4.69) is 37.0 Å². The van der Waals surface area contributed by atoms with E-state index in [4.69, 9.17) is 0 Å². The first-order chi connectivity index (χ1) is 7.93. The molecule has 1 rings (SSSR count). The Morgan fingerprint density at radius 3 is 2.62 bits per heavy atom. The van der Waals surface area contributed by atoms with Crippen LogP contribution in [-0.2, 0) is 0 Å². The lowest BCUT2D eigenvalue weighted by Gasteiger charge is -1.91. The summed E-state index contributed by atoms with van der Waals surface area (Å²) in [5, 5.41) is 0. The van der Waals surface area contributed by atoms with E-state index in [1.54, 1.807) is 0 Å². The molecule has 0 unspecified atom stereocenters. The zero-order valence-corrected chi connectivity index (χ0v) is 10.1. The van der Waals surface area contributed by atoms with Crippen LogP contribution in [0.15, 0.2) is 36.4 Å². The van der Waals surface area contributed by atoms with Crippen LogP contribution in [0.25, 0.3) is 6.08 Å². The van der Waals surface area contributed by atoms with Crippen molar-refractivity contribution in [3.05, 3.63) is 42.0 Å². The van der Waals surface area contributed by atoms with Gasteiger partial charge in [0, 0.05) is 6.42 Å². The summed E-state index contributed by atoms with van der Waals surface area (Å²) in [4.78, 5) is 0. The molecule has 1 aromatic carbocycles. The molecule has 0 aliphatic carbocycles. The van der Waals surface area contributed by atoms with Crippen molar-refractivity contribution in [1.82, 2.24) is 0 Å². The number of rotatable bonds is 5. The monoisotopic (exact) mass is 212 g/mol.